The number of aldehydes is 1. The van der Waals surface area contributed by atoms with Crippen LogP contribution in [0, 0.1) is 0 Å². The highest BCUT2D eigenvalue weighted by atomic mass is 16.1. The molecule has 1 N–H and O–H groups in total. The van der Waals surface area contributed by atoms with Crippen molar-refractivity contribution in [2.45, 2.75) is 0 Å². The van der Waals surface area contributed by atoms with E-state index in [1.165, 1.54) is 0 Å². The Morgan fingerprint density at radius 3 is 3.33 bits per heavy atom. The highest BCUT2D eigenvalue weighted by molar-refractivity contribution is 5.86. The van der Waals surface area contributed by atoms with Crippen molar-refractivity contribution in [3.8, 4) is 0 Å². The number of nitrogens with zero attached hydrogens (tertiary/aromatic N) is 2. The molecule has 0 bridgehead atoms. The molecule has 0 unspecified atom stereocenters. The maximum absolute atomic E-state index is 10.4. The summed E-state index contributed by atoms with van der Waals surface area (Å²) in [6.07, 6.45) is 9.33. The number of nitrogens with one attached hydrogen (secondary N) is 1. The molecule has 2 heterocycles. The van der Waals surface area contributed by atoms with Gasteiger partial charge < -0.3 is 5.43 Å². The number of rotatable bonds is 1. The number of carbonyl (C=O) groups excluding carboxylic acids is 1. The quantitative estimate of drug-likeness (QED) is 0.563. The van der Waals surface area contributed by atoms with E-state index in [1.54, 1.807) is 35.9 Å². The third-order valence-electron chi connectivity index (χ3n) is 1.61. The van der Waals surface area contributed by atoms with E-state index in [4.69, 9.17) is 0 Å². The van der Waals surface area contributed by atoms with Crippen LogP contribution in [0.15, 0.2) is 40.9 Å². The molecule has 0 amide bonds. The fourth-order valence-corrected chi connectivity index (χ4v) is 1.02. The predicted molar refractivity (Wildman–Crippen MR) is 44.8 cm³/mol. The lowest BCUT2D eigenvalue weighted by Gasteiger charge is -2.25. The van der Waals surface area contributed by atoms with E-state index >= 15 is 0 Å². The molecule has 0 saturated heterocycles. The number of carbonyl (C=O) groups is 1. The molecule has 4 heteroatoms. The Labute approximate surface area is 69.6 Å². The predicted octanol–water partition coefficient (Wildman–Crippen LogP) is 0.329. The van der Waals surface area contributed by atoms with Crippen molar-refractivity contribution >= 4 is 12.5 Å². The zero-order chi connectivity index (χ0) is 8.39. The van der Waals surface area contributed by atoms with Crippen LogP contribution in [0.2, 0.25) is 0 Å². The van der Waals surface area contributed by atoms with E-state index in [1.807, 2.05) is 0 Å². The zero-order valence-corrected chi connectivity index (χ0v) is 6.27. The van der Waals surface area contributed by atoms with Crippen molar-refractivity contribution in [2.24, 2.45) is 4.99 Å². The summed E-state index contributed by atoms with van der Waals surface area (Å²) in [6.45, 7) is 0. The number of hydrogen-bond acceptors (Lipinski definition) is 4. The van der Waals surface area contributed by atoms with Gasteiger partial charge in [0.05, 0.1) is 11.9 Å². The van der Waals surface area contributed by atoms with Crippen LogP contribution >= 0.6 is 0 Å². The molecule has 0 fully saturated rings. The monoisotopic (exact) mass is 161 g/mol. The Hall–Kier alpha value is -1.84. The molecule has 2 aliphatic rings. The average molecular weight is 161 g/mol. The van der Waals surface area contributed by atoms with Crippen molar-refractivity contribution < 1.29 is 4.79 Å². The van der Waals surface area contributed by atoms with Gasteiger partial charge in [-0.15, -0.1) is 0 Å². The van der Waals surface area contributed by atoms with Crippen molar-refractivity contribution in [1.82, 2.24) is 10.4 Å². The lowest BCUT2D eigenvalue weighted by Crippen LogP contribution is -2.33. The summed E-state index contributed by atoms with van der Waals surface area (Å²) in [4.78, 5) is 14.3. The number of fused-ring (bicyclic) bond motifs is 1. The summed E-state index contributed by atoms with van der Waals surface area (Å²) in [7, 11) is 0. The van der Waals surface area contributed by atoms with Crippen molar-refractivity contribution in [3.63, 3.8) is 0 Å². The third kappa shape index (κ3) is 1.03. The second kappa shape index (κ2) is 2.65. The van der Waals surface area contributed by atoms with Gasteiger partial charge in [-0.25, -0.2) is 0 Å². The Morgan fingerprint density at radius 2 is 2.50 bits per heavy atom. The van der Waals surface area contributed by atoms with Crippen LogP contribution in [0.4, 0.5) is 0 Å². The lowest BCUT2D eigenvalue weighted by atomic mass is 10.2. The number of allylic oxidation sites excluding steroid dienone is 3. The first-order valence-corrected chi connectivity index (χ1v) is 3.52. The van der Waals surface area contributed by atoms with Crippen molar-refractivity contribution in [2.75, 3.05) is 0 Å². The number of aliphatic imine (C=N–C) groups is 1. The van der Waals surface area contributed by atoms with Gasteiger partial charge in [0.15, 0.2) is 6.29 Å². The molecule has 2 aliphatic heterocycles. The normalized spacial score (nSPS) is 19.2. The van der Waals surface area contributed by atoms with E-state index < -0.39 is 0 Å². The Morgan fingerprint density at radius 1 is 1.58 bits per heavy atom. The molecule has 0 saturated carbocycles. The van der Waals surface area contributed by atoms with Crippen LogP contribution in [0.3, 0.4) is 0 Å². The van der Waals surface area contributed by atoms with Gasteiger partial charge in [0.25, 0.3) is 0 Å². The van der Waals surface area contributed by atoms with E-state index in [2.05, 4.69) is 10.4 Å². The van der Waals surface area contributed by atoms with Crippen molar-refractivity contribution in [1.29, 1.82) is 0 Å². The molecule has 0 aromatic rings. The van der Waals surface area contributed by atoms with Crippen LogP contribution in [-0.4, -0.2) is 17.5 Å². The van der Waals surface area contributed by atoms with Crippen LogP contribution in [0.25, 0.3) is 0 Å². The molecule has 0 spiro atoms. The summed E-state index contributed by atoms with van der Waals surface area (Å²) in [5, 5.41) is 1.78. The Balaban J connectivity index is 2.31. The van der Waals surface area contributed by atoms with Gasteiger partial charge in [-0.05, 0) is 6.08 Å². The van der Waals surface area contributed by atoms with Gasteiger partial charge in [0.2, 0.25) is 0 Å². The summed E-state index contributed by atoms with van der Waals surface area (Å²) in [5.74, 6) is 0. The first-order valence-electron chi connectivity index (χ1n) is 3.52. The van der Waals surface area contributed by atoms with Crippen LogP contribution in [0.5, 0.6) is 0 Å². The maximum atomic E-state index is 10.4. The average Bonchev–Trinajstić information content (AvgIpc) is 2.17. The first kappa shape index (κ1) is 6.84. The molecule has 0 aromatic heterocycles. The molecule has 0 atom stereocenters. The van der Waals surface area contributed by atoms with Crippen LogP contribution in [0.1, 0.15) is 0 Å². The van der Waals surface area contributed by atoms with Crippen LogP contribution < -0.4 is 5.43 Å². The molecule has 60 valence electrons. The molecular formula is C8H7N3O. The Kier molecular flexibility index (Phi) is 1.51. The SMILES string of the molecule is O=CC1=CNN2C=CN=CC2=C1. The molecule has 0 radical (unpaired) electrons. The largest absolute Gasteiger partial charge is 0.301 e. The lowest BCUT2D eigenvalue weighted by molar-refractivity contribution is -0.104. The second-order valence-electron chi connectivity index (χ2n) is 2.41. The molecule has 12 heavy (non-hydrogen) atoms. The minimum absolute atomic E-state index is 0.614. The standard InChI is InChI=1S/C8H7N3O/c12-6-7-3-8-5-9-1-2-11(8)10-4-7/h1-6,10H. The van der Waals surface area contributed by atoms with Gasteiger partial charge in [-0.3, -0.25) is 14.8 Å². The highest BCUT2D eigenvalue weighted by Gasteiger charge is 2.10. The third-order valence-corrected chi connectivity index (χ3v) is 1.61. The molecule has 0 aliphatic carbocycles. The maximum Gasteiger partial charge on any atom is 0.151 e. The fraction of sp³-hybridized carbons (Fsp3) is 0. The van der Waals surface area contributed by atoms with E-state index in [0.717, 1.165) is 12.0 Å². The molecular weight excluding hydrogens is 154 g/mol. The Bertz CT molecular complexity index is 325. The van der Waals surface area contributed by atoms with Crippen molar-refractivity contribution in [3.05, 3.63) is 35.9 Å². The minimum atomic E-state index is 0.614. The first-order chi connectivity index (χ1) is 5.90. The van der Waals surface area contributed by atoms with E-state index in [9.17, 15) is 4.79 Å². The summed E-state index contributed by atoms with van der Waals surface area (Å²) in [5.41, 5.74) is 4.39. The van der Waals surface area contributed by atoms with Gasteiger partial charge in [-0.1, -0.05) is 0 Å². The zero-order valence-electron chi connectivity index (χ0n) is 6.27. The fourth-order valence-electron chi connectivity index (χ4n) is 1.02. The second-order valence-corrected chi connectivity index (χ2v) is 2.41. The summed E-state index contributed by atoms with van der Waals surface area (Å²) < 4.78 is 0. The minimum Gasteiger partial charge on any atom is -0.301 e. The molecule has 2 rings (SSSR count). The van der Waals surface area contributed by atoms with Gasteiger partial charge in [0.1, 0.15) is 0 Å². The van der Waals surface area contributed by atoms with Gasteiger partial charge >= 0.3 is 0 Å². The van der Waals surface area contributed by atoms with Gasteiger partial charge in [-0.2, -0.15) is 0 Å². The van der Waals surface area contributed by atoms with Crippen LogP contribution in [-0.2, 0) is 4.79 Å². The summed E-state index contributed by atoms with van der Waals surface area (Å²) in [6, 6.07) is 0. The summed E-state index contributed by atoms with van der Waals surface area (Å²) >= 11 is 0. The smallest absolute Gasteiger partial charge is 0.151 e. The number of hydrazine groups is 1. The van der Waals surface area contributed by atoms with E-state index in [0.29, 0.717) is 5.57 Å². The molecule has 0 aromatic carbocycles. The topological polar surface area (TPSA) is 44.7 Å². The highest BCUT2D eigenvalue weighted by Crippen LogP contribution is 2.11. The number of hydrogen-bond donors (Lipinski definition) is 1. The molecule has 4 nitrogen and oxygen atoms in total. The van der Waals surface area contributed by atoms with E-state index in [-0.39, 0.29) is 0 Å². The van der Waals surface area contributed by atoms with Gasteiger partial charge in [0, 0.05) is 24.2 Å².